The summed E-state index contributed by atoms with van der Waals surface area (Å²) < 4.78 is 121. The first-order valence-electron chi connectivity index (χ1n) is 41.3. The molecule has 8 heterocycles. The molecule has 15 rings (SSSR count). The SMILES string of the molecule is C.C.C.C.C.C.C.C#C[Si](C)(C)C.CCCS(=O)(=O)Cc1ccc(F)c(C(=O)O)c1F.CCCS(=O)(=O)Cc1ccc(F)c(C(=O)c2c[nH]c3ncc(-c4ccc(Cl)cc4)cc23)c1F.CCO/C=C/B1OC(C)(C)C(C)(C)O1.Cc1cc(-c2ccc(Cl)cc2)cnc1N.Clc1ccc(-c2cnc3[nH]ccc3c2)cc1.Nc1ccc(-c2ccc(Cl)cc2)cn1.Nc1ccc(Br)cn1.OB(O)c1ccc(Cl)cc1. The van der Waals surface area contributed by atoms with Gasteiger partial charge in [-0.2, -0.15) is 0 Å². The number of nitrogens with one attached hydrogen (secondary N) is 2. The molecule has 11 N–H and O–H groups in total. The Labute approximate surface area is 864 Å². The zero-order valence-electron chi connectivity index (χ0n) is 74.9. The number of nitrogens with two attached hydrogens (primary N) is 3. The highest BCUT2D eigenvalue weighted by Gasteiger charge is 2.50. The molecule has 0 spiro atoms. The number of nitrogen functional groups attached to an aromatic ring is 3. The van der Waals surface area contributed by atoms with Crippen molar-refractivity contribution >= 4 is 173 Å². The number of carbonyl (C=O) groups excluding carboxylic acids is 1. The van der Waals surface area contributed by atoms with Gasteiger partial charge >= 0.3 is 20.2 Å². The third-order valence-electron chi connectivity index (χ3n) is 19.5. The molecule has 0 aliphatic carbocycles. The number of ketones is 1. The van der Waals surface area contributed by atoms with E-state index in [0.717, 1.165) is 99.3 Å². The van der Waals surface area contributed by atoms with Crippen LogP contribution in [-0.2, 0) is 45.2 Å². The Bertz CT molecular complexity index is 6490. The second-order valence-electron chi connectivity index (χ2n) is 31.6. The van der Waals surface area contributed by atoms with Gasteiger partial charge < -0.3 is 56.4 Å². The van der Waals surface area contributed by atoms with Crippen molar-refractivity contribution in [2.45, 2.75) is 163 Å². The van der Waals surface area contributed by atoms with Gasteiger partial charge in [0.2, 0.25) is 5.78 Å². The summed E-state index contributed by atoms with van der Waals surface area (Å²) in [6.45, 7) is 22.4. The third-order valence-corrected chi connectivity index (χ3v) is 25.6. The van der Waals surface area contributed by atoms with Gasteiger partial charge in [-0.1, -0.05) is 216 Å². The van der Waals surface area contributed by atoms with E-state index in [1.54, 1.807) is 118 Å². The average Bonchev–Trinajstić information content (AvgIpc) is 1.66. The number of sulfone groups is 2. The summed E-state index contributed by atoms with van der Waals surface area (Å²) in [5.41, 5.74) is 26.9. The molecule has 758 valence electrons. The molecule has 1 fully saturated rings. The first-order chi connectivity index (χ1) is 63.2. The number of aromatic carboxylic acids is 1. The van der Waals surface area contributed by atoms with Crippen LogP contribution in [0.5, 0.6) is 0 Å². The maximum atomic E-state index is 15.2. The maximum Gasteiger partial charge on any atom is 0.490 e. The number of aromatic amines is 2. The van der Waals surface area contributed by atoms with E-state index in [9.17, 15) is 39.6 Å². The zero-order chi connectivity index (χ0) is 99.0. The fourth-order valence-electron chi connectivity index (χ4n) is 11.7. The van der Waals surface area contributed by atoms with Crippen molar-refractivity contribution in [2.75, 3.05) is 35.3 Å². The number of hydrogen-bond acceptors (Lipinski definition) is 19. The Morgan fingerprint density at radius 3 is 1.30 bits per heavy atom. The Kier molecular flexibility index (Phi) is 56.0. The molecule has 0 amide bonds. The van der Waals surface area contributed by atoms with E-state index in [-0.39, 0.29) is 98.5 Å². The highest BCUT2D eigenvalue weighted by atomic mass is 79.9. The Morgan fingerprint density at radius 1 is 0.532 bits per heavy atom. The number of nitrogens with zero attached hydrogens (tertiary/aromatic N) is 5. The molecular formula is C104H128B2BrCl5F4N10O12S2Si. The number of carboxylic acid groups (broad SMARTS) is 1. The molecule has 14 aromatic rings. The highest BCUT2D eigenvalue weighted by molar-refractivity contribution is 9.10. The van der Waals surface area contributed by atoms with E-state index in [1.165, 1.54) is 6.20 Å². The van der Waals surface area contributed by atoms with Gasteiger partial charge in [0.15, 0.2) is 19.7 Å². The number of H-pyrrole nitrogens is 2. The molecular weight excluding hydrogens is 2030 g/mol. The number of benzene rings is 7. The van der Waals surface area contributed by atoms with E-state index in [2.05, 4.69) is 82.1 Å². The summed E-state index contributed by atoms with van der Waals surface area (Å²) in [6.07, 6.45) is 19.4. The topological polar surface area (TPSA) is 365 Å². The van der Waals surface area contributed by atoms with Crippen LogP contribution in [0, 0.1) is 42.2 Å². The molecule has 0 atom stereocenters. The number of pyridine rings is 5. The molecule has 141 heavy (non-hydrogen) atoms. The summed E-state index contributed by atoms with van der Waals surface area (Å²) in [5, 5.41) is 30.8. The van der Waals surface area contributed by atoms with Gasteiger partial charge in [-0.15, -0.1) is 12.0 Å². The number of rotatable bonds is 19. The number of halogens is 10. The minimum atomic E-state index is -3.59. The number of anilines is 3. The Morgan fingerprint density at radius 2 is 0.915 bits per heavy atom. The number of aryl methyl sites for hydroxylation is 1. The molecule has 1 aliphatic heterocycles. The van der Waals surface area contributed by atoms with Crippen molar-refractivity contribution in [3.8, 4) is 56.5 Å². The normalized spacial score (nSPS) is 11.6. The number of ether oxygens (including phenoxy) is 1. The second kappa shape index (κ2) is 60.9. The molecule has 37 heteroatoms. The number of terminal acetylenes is 1. The minimum absolute atomic E-state index is 0. The van der Waals surface area contributed by atoms with Crippen molar-refractivity contribution in [1.29, 1.82) is 0 Å². The van der Waals surface area contributed by atoms with Gasteiger partial charge in [-0.05, 0) is 231 Å². The largest absolute Gasteiger partial charge is 0.502 e. The van der Waals surface area contributed by atoms with Gasteiger partial charge in [0.05, 0.1) is 52.6 Å². The molecule has 0 radical (unpaired) electrons. The van der Waals surface area contributed by atoms with Crippen LogP contribution in [0.25, 0.3) is 66.6 Å². The van der Waals surface area contributed by atoms with Gasteiger partial charge in [0.1, 0.15) is 65.7 Å². The van der Waals surface area contributed by atoms with Crippen LogP contribution in [0.2, 0.25) is 44.8 Å². The van der Waals surface area contributed by atoms with Crippen LogP contribution in [0.3, 0.4) is 0 Å². The monoisotopic (exact) mass is 2150 g/mol. The van der Waals surface area contributed by atoms with Crippen LogP contribution in [0.1, 0.15) is 156 Å². The molecule has 0 saturated carbocycles. The second-order valence-corrected chi connectivity index (χ2v) is 43.9. The fraction of sp³-hybridized carbons (Fsp3) is 0.260. The standard InChI is InChI=1S/C24H19ClF2N2O3S.C13H9ClN2.C12H11ClN2.C11H9ClN2.C11H12F2O4S.C10H19BO3.C6H6BClO2.C5H5BrN2.C5H10Si.7CH4/c1-2-9-33(31,32)13-15-5-8-20(26)21(22(15)27)23(30)19-12-29-24-18(19)10-16(11-28-24)14-3-6-17(25)7-4-14;14-12-3-1-9(2-4-12)11-7-10-5-6-15-13(10)16-8-11;1-8-6-10(7-15-12(8)14)9-2-4-11(13)5-3-9;12-10-4-1-8(2-5-10)9-3-6-11(13)14-7-9;1-2-5-18(16,17)6-7-3-4-8(12)9(10(7)13)11(14)15;1-6-12-8-7-11-13-9(2,3)10(4,5)14-11;8-6-3-1-5(2-4-6)7(9)10;6-4-1-2-5(7)8-3-4;1-5-6(2,3)4;;;;;;;/h3-8,10-12H,2,9,13H2,1H3,(H,28,29);1-8H,(H,15,16);2-7H,1H3,(H2,14,15);1-7H,(H2,13,14);3-4H,2,5-6H2,1H3,(H,14,15);7-8H,6H2,1-5H3;1-4,9-10H;1-3H,(H2,7,8);1H,2-4H3;7*1H4/b;;;;;8-7+;;;;;;;;;;. The van der Waals surface area contributed by atoms with E-state index in [1.807, 2.05) is 151 Å². The van der Waals surface area contributed by atoms with E-state index >= 15 is 4.39 Å². The summed E-state index contributed by atoms with van der Waals surface area (Å²) in [6, 6.07) is 55.2. The van der Waals surface area contributed by atoms with Crippen LogP contribution in [-0.4, -0.2) is 130 Å². The predicted octanol–water partition coefficient (Wildman–Crippen LogP) is 27.4. The number of carbonyl (C=O) groups is 2. The average molecular weight is 2160 g/mol. The van der Waals surface area contributed by atoms with Crippen LogP contribution < -0.4 is 22.7 Å². The third kappa shape index (κ3) is 41.3. The molecule has 1 aliphatic rings. The molecule has 0 bridgehead atoms. The number of hydrogen-bond donors (Lipinski definition) is 8. The summed E-state index contributed by atoms with van der Waals surface area (Å²) in [5.74, 6) is -5.51. The van der Waals surface area contributed by atoms with Crippen molar-refractivity contribution in [1.82, 2.24) is 34.9 Å². The summed E-state index contributed by atoms with van der Waals surface area (Å²) >= 11 is 32.2. The van der Waals surface area contributed by atoms with Crippen LogP contribution in [0.15, 0.2) is 254 Å². The lowest BCUT2D eigenvalue weighted by Crippen LogP contribution is -2.41. The smallest absolute Gasteiger partial charge is 0.490 e. The summed E-state index contributed by atoms with van der Waals surface area (Å²) in [4.78, 5) is 50.4. The highest BCUT2D eigenvalue weighted by Crippen LogP contribution is 2.38. The Balaban J connectivity index is 0.00000161. The minimum Gasteiger partial charge on any atom is -0.502 e. The van der Waals surface area contributed by atoms with E-state index in [0.29, 0.717) is 69.0 Å². The first-order valence-corrected chi connectivity index (χ1v) is 51.1. The summed E-state index contributed by atoms with van der Waals surface area (Å²) in [7, 11) is -9.92. The van der Waals surface area contributed by atoms with Crippen molar-refractivity contribution in [3.63, 3.8) is 0 Å². The quantitative estimate of drug-likeness (QED) is 0.0123. The van der Waals surface area contributed by atoms with Gasteiger partial charge in [0, 0.05) is 123 Å². The molecule has 7 aromatic carbocycles. The van der Waals surface area contributed by atoms with Crippen molar-refractivity contribution in [2.24, 2.45) is 0 Å². The first kappa shape index (κ1) is 130. The van der Waals surface area contributed by atoms with Crippen LogP contribution >= 0.6 is 73.9 Å². The number of fused-ring (bicyclic) bond motifs is 2. The number of carboxylic acids is 1. The zero-order valence-corrected chi connectivity index (χ0v) is 82.9. The van der Waals surface area contributed by atoms with E-state index < -0.39 is 92.5 Å². The fourth-order valence-corrected chi connectivity index (χ4v) is 15.5. The van der Waals surface area contributed by atoms with Gasteiger partial charge in [-0.25, -0.2) is 64.1 Å². The maximum absolute atomic E-state index is 15.2. The molecule has 1 saturated heterocycles. The van der Waals surface area contributed by atoms with Crippen LogP contribution in [0.4, 0.5) is 35.0 Å². The predicted molar refractivity (Wildman–Crippen MR) is 588 cm³/mol. The molecule has 7 aromatic heterocycles. The number of aromatic nitrogens is 7. The lowest BCUT2D eigenvalue weighted by molar-refractivity contribution is 0.00578. The molecule has 0 unspecified atom stereocenters. The van der Waals surface area contributed by atoms with E-state index in [4.69, 9.17) is 111 Å². The Hall–Kier alpha value is -11.3. The van der Waals surface area contributed by atoms with Crippen molar-refractivity contribution in [3.05, 3.63) is 336 Å². The van der Waals surface area contributed by atoms with Gasteiger partial charge in [-0.3, -0.25) is 4.79 Å². The lowest BCUT2D eigenvalue weighted by atomic mass is 9.81. The van der Waals surface area contributed by atoms with Crippen molar-refractivity contribution < 1.29 is 73.2 Å². The van der Waals surface area contributed by atoms with Gasteiger partial charge in [0.25, 0.3) is 0 Å². The molecule has 22 nitrogen and oxygen atoms in total. The lowest BCUT2D eigenvalue weighted by Gasteiger charge is -2.32.